The maximum absolute atomic E-state index is 14.6. The molecular weight excluding hydrogens is 1670 g/mol. The number of pyridine rings is 3. The van der Waals surface area contributed by atoms with Crippen molar-refractivity contribution in [3.63, 3.8) is 0 Å². The molecule has 27 nitrogen and oxygen atoms in total. The van der Waals surface area contributed by atoms with Crippen LogP contribution in [-0.4, -0.2) is 182 Å². The lowest BCUT2D eigenvalue weighted by atomic mass is 9.89. The Kier molecular flexibility index (Phi) is 24.4. The standard InChI is InChI=1S/C25H31N3O4.C24H28FN3O3.C21H22BrFN4O3.C21H22ClFN4O3/c1-14-4-8-27-24-17(14)6-9-28(24)19-12-21(23(30)22(19)29)32-20-11-16(25(2,3)31)10-15-5-7-26-13-18(15)20;1-3-14-8-15-6-4-5-7-16(15)19(9-14)31-20-10-18(22(29)23(20)30)28-11-17(25)21-13(2)26-12-27-24(21)28;2*22-11-5-10-1-3-25-8-12(10)16(6-11)30-17-7-15(19(28)20(17)29)27-9-13(23)18-14(24)2-4-26-21(18)27/h4,6,8-11,19,21-23,26,29-31H,5,7,12-13H2,1-3H3;8-9,11-12,18,20,22-23,29-30H,3-7,10H2,1-2H3;2*2,4-6,9,15,17,19-20,25,28-29H,1,3,7-8H2,(H2,24,26)/t19?,21?,22-,23+;18?,20?,22-,23+;2*15?,17?,19-,20+/m0000/s1. The lowest BCUT2D eigenvalue weighted by Gasteiger charge is -2.28. The minimum atomic E-state index is -1.15. The van der Waals surface area contributed by atoms with Crippen molar-refractivity contribution in [1.29, 1.82) is 0 Å². The molecule has 4 saturated carbocycles. The number of nitrogens with zero attached hydrogens (tertiary/aromatic N) is 9. The Bertz CT molecular complexity index is 5770. The summed E-state index contributed by atoms with van der Waals surface area (Å²) in [4.78, 5) is 21.3. The Balaban J connectivity index is 0.000000116. The van der Waals surface area contributed by atoms with E-state index in [1.54, 1.807) is 42.2 Å². The third kappa shape index (κ3) is 16.6. The van der Waals surface area contributed by atoms with Gasteiger partial charge in [-0.15, -0.1) is 0 Å². The molecule has 11 heterocycles. The number of nitrogens with two attached hydrogens (primary N) is 2. The minimum absolute atomic E-state index is 0.207. The number of nitrogens with one attached hydrogen (secondary N) is 3. The molecule has 5 aliphatic carbocycles. The average Bonchev–Trinajstić information content (AvgIpc) is 1.63. The Hall–Kier alpha value is -9.55. The number of aromatic nitrogens is 9. The molecule has 123 heavy (non-hydrogen) atoms. The third-order valence-electron chi connectivity index (χ3n) is 26.0. The smallest absolute Gasteiger partial charge is 0.152 e. The van der Waals surface area contributed by atoms with Crippen molar-refractivity contribution in [3.8, 4) is 23.0 Å². The number of fused-ring (bicyclic) bond motifs is 8. The van der Waals surface area contributed by atoms with E-state index in [0.29, 0.717) is 89.2 Å². The van der Waals surface area contributed by atoms with E-state index in [-0.39, 0.29) is 34.6 Å². The summed E-state index contributed by atoms with van der Waals surface area (Å²) in [6, 6.07) is 20.8. The summed E-state index contributed by atoms with van der Waals surface area (Å²) in [5, 5.41) is 109. The Labute approximate surface area is 721 Å². The quantitative estimate of drug-likeness (QED) is 0.0481. The van der Waals surface area contributed by atoms with Gasteiger partial charge in [0.25, 0.3) is 0 Å². The fraction of sp³-hybridized carbons (Fsp3) is 0.440. The number of anilines is 2. The number of hydrogen-bond acceptors (Lipinski definition) is 23. The van der Waals surface area contributed by atoms with Gasteiger partial charge in [0.2, 0.25) is 0 Å². The SMILES string of the molecule is CCc1cc2c(c(OC3CC(n4cc(F)c5c(C)ncnc54)[C@H](O)[C@@H]3O)c1)CCCC2.Cc1ccnc2c1ccn2C1CC(Oc2cc(C(C)(C)O)cc3c2CNCC3)[C@@H](O)[C@H]1O.Nc1ccnc2c1c(F)cn2C1CC(Oc2cc(Br)cc3c2CNCC3)[C@@H](O)[C@H]1O.Nc1ccnc2c1c(F)cn2C1CC(Oc2cc(Cl)cc3c2CNCC3)[C@@H](O)[C@H]1O. The van der Waals surface area contributed by atoms with Gasteiger partial charge in [0, 0.05) is 132 Å². The number of aryl methyl sites for hydroxylation is 4. The van der Waals surface area contributed by atoms with Gasteiger partial charge >= 0.3 is 0 Å². The summed E-state index contributed by atoms with van der Waals surface area (Å²) in [7, 11) is 0. The third-order valence-corrected chi connectivity index (χ3v) is 26.6. The second kappa shape index (κ2) is 35.1. The highest BCUT2D eigenvalue weighted by Gasteiger charge is 2.50. The van der Waals surface area contributed by atoms with Gasteiger partial charge in [-0.25, -0.2) is 38.1 Å². The largest absolute Gasteiger partial charge is 0.487 e. The predicted octanol–water partition coefficient (Wildman–Crippen LogP) is 10.2. The molecule has 0 saturated heterocycles. The molecule has 8 aliphatic rings. The fourth-order valence-electron chi connectivity index (χ4n) is 19.3. The van der Waals surface area contributed by atoms with Crippen LogP contribution in [0.4, 0.5) is 24.5 Å². The van der Waals surface area contributed by atoms with Crippen LogP contribution in [0.15, 0.2) is 127 Å². The highest BCUT2D eigenvalue weighted by atomic mass is 79.9. The number of nitrogen functional groups attached to an aromatic ring is 2. The van der Waals surface area contributed by atoms with Crippen molar-refractivity contribution >= 4 is 83.0 Å². The van der Waals surface area contributed by atoms with E-state index >= 15 is 0 Å². The normalized spacial score (nSPS) is 25.9. The van der Waals surface area contributed by atoms with Gasteiger partial charge in [-0.05, 0) is 204 Å². The zero-order valence-corrected chi connectivity index (χ0v) is 71.1. The first-order chi connectivity index (χ1) is 59.1. The van der Waals surface area contributed by atoms with Crippen LogP contribution in [0, 0.1) is 31.3 Å². The maximum atomic E-state index is 14.6. The second-order valence-corrected chi connectivity index (χ2v) is 35.5. The zero-order chi connectivity index (χ0) is 86.3. The van der Waals surface area contributed by atoms with E-state index in [4.69, 9.17) is 42.0 Å². The van der Waals surface area contributed by atoms with E-state index < -0.39 is 114 Å². The molecule has 4 aromatic carbocycles. The molecule has 12 aromatic rings. The van der Waals surface area contributed by atoms with Gasteiger partial charge in [0.05, 0.1) is 51.6 Å². The molecular formula is C91H103BrClF3N14O13. The molecule has 16 N–H and O–H groups in total. The number of rotatable bonds is 14. The van der Waals surface area contributed by atoms with E-state index in [9.17, 15) is 59.1 Å². The van der Waals surface area contributed by atoms with E-state index in [2.05, 4.69) is 81.9 Å². The van der Waals surface area contributed by atoms with Crippen molar-refractivity contribution in [1.82, 2.24) is 59.1 Å². The molecule has 0 spiro atoms. The van der Waals surface area contributed by atoms with Gasteiger partial charge < -0.3 is 111 Å². The van der Waals surface area contributed by atoms with Crippen LogP contribution in [0.2, 0.25) is 5.02 Å². The molecule has 8 aromatic heterocycles. The summed E-state index contributed by atoms with van der Waals surface area (Å²) in [5.41, 5.74) is 26.0. The van der Waals surface area contributed by atoms with Crippen molar-refractivity contribution < 1.29 is 78.1 Å². The van der Waals surface area contributed by atoms with Gasteiger partial charge in [-0.3, -0.25) is 0 Å². The number of halogens is 5. The second-order valence-electron chi connectivity index (χ2n) is 34.2. The lowest BCUT2D eigenvalue weighted by molar-refractivity contribution is -0.0168. The first kappa shape index (κ1) is 85.6. The minimum Gasteiger partial charge on any atom is -0.487 e. The first-order valence-electron chi connectivity index (χ1n) is 42.2. The van der Waals surface area contributed by atoms with Gasteiger partial charge in [0.1, 0.15) is 125 Å². The summed E-state index contributed by atoms with van der Waals surface area (Å²) in [6.45, 7) is 14.1. The van der Waals surface area contributed by atoms with Crippen molar-refractivity contribution in [2.75, 3.05) is 31.1 Å². The predicted molar refractivity (Wildman–Crippen MR) is 461 cm³/mol. The number of aliphatic hydroxyl groups is 9. The first-order valence-corrected chi connectivity index (χ1v) is 43.4. The zero-order valence-electron chi connectivity index (χ0n) is 68.7. The molecule has 16 atom stereocenters. The summed E-state index contributed by atoms with van der Waals surface area (Å²) >= 11 is 9.79. The lowest BCUT2D eigenvalue weighted by Crippen LogP contribution is -2.35. The van der Waals surface area contributed by atoms with Crippen LogP contribution in [-0.2, 0) is 63.8 Å². The topological polar surface area (TPSA) is 391 Å². The monoisotopic (exact) mass is 1770 g/mol. The molecule has 0 radical (unpaired) electrons. The Morgan fingerprint density at radius 3 is 1.41 bits per heavy atom. The number of aliphatic hydroxyl groups excluding tert-OH is 8. The molecule has 0 amide bonds. The molecule has 8 unspecified atom stereocenters. The summed E-state index contributed by atoms with van der Waals surface area (Å²) < 4.78 is 76.2. The highest BCUT2D eigenvalue weighted by molar-refractivity contribution is 9.10. The van der Waals surface area contributed by atoms with Crippen molar-refractivity contribution in [2.45, 2.75) is 234 Å². The van der Waals surface area contributed by atoms with Crippen LogP contribution < -0.4 is 46.4 Å². The highest BCUT2D eigenvalue weighted by Crippen LogP contribution is 2.46. The molecule has 3 aliphatic heterocycles. The number of hydrogen-bond donors (Lipinski definition) is 14. The van der Waals surface area contributed by atoms with Crippen LogP contribution in [0.25, 0.3) is 44.1 Å². The van der Waals surface area contributed by atoms with E-state index in [1.165, 1.54) is 82.7 Å². The number of ether oxygens (including phenoxy) is 4. The van der Waals surface area contributed by atoms with Gasteiger partial charge in [0.15, 0.2) is 17.5 Å². The average molecular weight is 1770 g/mol. The molecule has 4 fully saturated rings. The van der Waals surface area contributed by atoms with E-state index in [1.807, 2.05) is 54.1 Å². The fourth-order valence-corrected chi connectivity index (χ4v) is 20.0. The van der Waals surface area contributed by atoms with Crippen LogP contribution in [0.5, 0.6) is 23.0 Å². The van der Waals surface area contributed by atoms with Crippen LogP contribution in [0.3, 0.4) is 0 Å². The maximum Gasteiger partial charge on any atom is 0.152 e. The van der Waals surface area contributed by atoms with Crippen molar-refractivity contribution in [3.05, 3.63) is 216 Å². The number of benzene rings is 4. The summed E-state index contributed by atoms with van der Waals surface area (Å²) in [6.07, 6.45) is 9.99. The van der Waals surface area contributed by atoms with Gasteiger partial charge in [-0.1, -0.05) is 46.6 Å². The molecule has 20 rings (SSSR count). The summed E-state index contributed by atoms with van der Waals surface area (Å²) in [5.74, 6) is 1.29. The van der Waals surface area contributed by atoms with Crippen LogP contribution in [0.1, 0.15) is 150 Å². The Morgan fingerprint density at radius 1 is 0.480 bits per heavy atom. The van der Waals surface area contributed by atoms with Crippen LogP contribution >= 0.6 is 27.5 Å². The Morgan fingerprint density at radius 2 is 0.902 bits per heavy atom. The molecule has 650 valence electrons. The van der Waals surface area contributed by atoms with Gasteiger partial charge in [-0.2, -0.15) is 0 Å². The molecule has 32 heteroatoms. The molecule has 0 bridgehead atoms. The van der Waals surface area contributed by atoms with Crippen molar-refractivity contribution in [2.24, 2.45) is 0 Å². The van der Waals surface area contributed by atoms with E-state index in [0.717, 1.165) is 125 Å².